The zero-order valence-corrected chi connectivity index (χ0v) is 11.9. The van der Waals surface area contributed by atoms with E-state index in [2.05, 4.69) is 48.9 Å². The van der Waals surface area contributed by atoms with Crippen LogP contribution in [0.25, 0.3) is 11.3 Å². The zero-order valence-electron chi connectivity index (χ0n) is 11.9. The van der Waals surface area contributed by atoms with Crippen LogP contribution in [-0.2, 0) is 13.0 Å². The SMILES string of the molecule is CC(O)Cn1ccc2c1-c1cc(C(C)C)ccc1C2. The molecule has 100 valence electrons. The topological polar surface area (TPSA) is 25.2 Å². The van der Waals surface area contributed by atoms with Gasteiger partial charge in [0.15, 0.2) is 0 Å². The number of aliphatic hydroxyl groups excluding tert-OH is 1. The minimum Gasteiger partial charge on any atom is -0.392 e. The molecule has 3 rings (SSSR count). The molecule has 1 atom stereocenters. The molecular formula is C17H21NO. The van der Waals surface area contributed by atoms with Gasteiger partial charge in [0.1, 0.15) is 0 Å². The van der Waals surface area contributed by atoms with E-state index in [9.17, 15) is 5.11 Å². The molecule has 2 aromatic rings. The molecular weight excluding hydrogens is 234 g/mol. The average Bonchev–Trinajstić information content (AvgIpc) is 2.87. The molecule has 0 fully saturated rings. The summed E-state index contributed by atoms with van der Waals surface area (Å²) in [6.45, 7) is 6.96. The summed E-state index contributed by atoms with van der Waals surface area (Å²) in [5.41, 5.74) is 6.84. The van der Waals surface area contributed by atoms with Gasteiger partial charge in [-0.2, -0.15) is 0 Å². The van der Waals surface area contributed by atoms with Gasteiger partial charge in [-0.05, 0) is 41.7 Å². The van der Waals surface area contributed by atoms with E-state index in [-0.39, 0.29) is 6.10 Å². The maximum Gasteiger partial charge on any atom is 0.0691 e. The number of nitrogens with zero attached hydrogens (tertiary/aromatic N) is 1. The van der Waals surface area contributed by atoms with Crippen LogP contribution in [0.1, 0.15) is 43.4 Å². The molecule has 0 saturated carbocycles. The second-order valence-electron chi connectivity index (χ2n) is 5.94. The van der Waals surface area contributed by atoms with Crippen LogP contribution in [0.15, 0.2) is 30.5 Å². The highest BCUT2D eigenvalue weighted by atomic mass is 16.3. The van der Waals surface area contributed by atoms with Crippen LogP contribution < -0.4 is 0 Å². The molecule has 0 amide bonds. The molecule has 19 heavy (non-hydrogen) atoms. The largest absolute Gasteiger partial charge is 0.392 e. The Morgan fingerprint density at radius 3 is 2.63 bits per heavy atom. The minimum atomic E-state index is -0.311. The molecule has 1 aliphatic rings. The summed E-state index contributed by atoms with van der Waals surface area (Å²) < 4.78 is 2.19. The third-order valence-corrected chi connectivity index (χ3v) is 3.94. The van der Waals surface area contributed by atoms with Gasteiger partial charge < -0.3 is 9.67 Å². The summed E-state index contributed by atoms with van der Waals surface area (Å²) in [4.78, 5) is 0. The first kappa shape index (κ1) is 12.5. The Kier molecular flexibility index (Phi) is 2.98. The highest BCUT2D eigenvalue weighted by molar-refractivity contribution is 5.75. The number of hydrogen-bond acceptors (Lipinski definition) is 1. The molecule has 1 aromatic carbocycles. The fourth-order valence-corrected chi connectivity index (χ4v) is 2.96. The summed E-state index contributed by atoms with van der Waals surface area (Å²) >= 11 is 0. The van der Waals surface area contributed by atoms with E-state index in [1.807, 2.05) is 6.92 Å². The van der Waals surface area contributed by atoms with Gasteiger partial charge >= 0.3 is 0 Å². The van der Waals surface area contributed by atoms with Crippen LogP contribution in [0.2, 0.25) is 0 Å². The van der Waals surface area contributed by atoms with Gasteiger partial charge in [-0.15, -0.1) is 0 Å². The van der Waals surface area contributed by atoms with E-state index in [0.717, 1.165) is 6.42 Å². The number of rotatable bonds is 3. The van der Waals surface area contributed by atoms with Crippen LogP contribution >= 0.6 is 0 Å². The third kappa shape index (κ3) is 2.10. The summed E-state index contributed by atoms with van der Waals surface area (Å²) in [5.74, 6) is 0.550. The molecule has 2 heteroatoms. The number of aliphatic hydroxyl groups is 1. The lowest BCUT2D eigenvalue weighted by molar-refractivity contribution is 0.174. The fourth-order valence-electron chi connectivity index (χ4n) is 2.96. The van der Waals surface area contributed by atoms with Crippen LogP contribution in [0.3, 0.4) is 0 Å². The van der Waals surface area contributed by atoms with Crippen molar-refractivity contribution in [3.05, 3.63) is 47.2 Å². The van der Waals surface area contributed by atoms with Crippen LogP contribution in [-0.4, -0.2) is 15.8 Å². The molecule has 1 unspecified atom stereocenters. The molecule has 0 aliphatic heterocycles. The zero-order chi connectivity index (χ0) is 13.6. The van der Waals surface area contributed by atoms with E-state index in [1.54, 1.807) is 0 Å². The monoisotopic (exact) mass is 255 g/mol. The Morgan fingerprint density at radius 2 is 1.95 bits per heavy atom. The highest BCUT2D eigenvalue weighted by Gasteiger charge is 2.23. The van der Waals surface area contributed by atoms with E-state index < -0.39 is 0 Å². The van der Waals surface area contributed by atoms with Crippen molar-refractivity contribution in [2.75, 3.05) is 0 Å². The first-order valence-corrected chi connectivity index (χ1v) is 7.05. The van der Waals surface area contributed by atoms with Gasteiger partial charge in [0.05, 0.1) is 11.8 Å². The standard InChI is InChI=1S/C17H21NO/c1-11(2)13-4-5-14-8-15-6-7-18(10-12(3)19)17(15)16(14)9-13/h4-7,9,11-12,19H,8,10H2,1-3H3. The highest BCUT2D eigenvalue weighted by Crippen LogP contribution is 2.38. The van der Waals surface area contributed by atoms with Gasteiger partial charge in [-0.3, -0.25) is 0 Å². The Balaban J connectivity index is 2.08. The van der Waals surface area contributed by atoms with Crippen molar-refractivity contribution in [1.82, 2.24) is 4.57 Å². The van der Waals surface area contributed by atoms with Crippen molar-refractivity contribution in [3.63, 3.8) is 0 Å². The van der Waals surface area contributed by atoms with Crippen LogP contribution in [0.4, 0.5) is 0 Å². The first-order chi connectivity index (χ1) is 9.06. The maximum absolute atomic E-state index is 9.63. The molecule has 0 radical (unpaired) electrons. The quantitative estimate of drug-likeness (QED) is 0.760. The average molecular weight is 255 g/mol. The summed E-state index contributed by atoms with van der Waals surface area (Å²) in [6, 6.07) is 9.02. The Bertz CT molecular complexity index is 608. The second-order valence-corrected chi connectivity index (χ2v) is 5.94. The molecule has 0 bridgehead atoms. The van der Waals surface area contributed by atoms with Gasteiger partial charge in [-0.25, -0.2) is 0 Å². The normalized spacial score (nSPS) is 14.6. The van der Waals surface area contributed by atoms with Crippen molar-refractivity contribution in [2.45, 2.75) is 45.8 Å². The van der Waals surface area contributed by atoms with Crippen LogP contribution in [0, 0.1) is 0 Å². The molecule has 0 saturated heterocycles. The van der Waals surface area contributed by atoms with Crippen molar-refractivity contribution in [1.29, 1.82) is 0 Å². The van der Waals surface area contributed by atoms with E-state index >= 15 is 0 Å². The summed E-state index contributed by atoms with van der Waals surface area (Å²) in [5, 5.41) is 9.63. The van der Waals surface area contributed by atoms with Crippen LogP contribution in [0.5, 0.6) is 0 Å². The van der Waals surface area contributed by atoms with Gasteiger partial charge in [0.25, 0.3) is 0 Å². The van der Waals surface area contributed by atoms with E-state index in [4.69, 9.17) is 0 Å². The first-order valence-electron chi connectivity index (χ1n) is 7.05. The molecule has 1 heterocycles. The number of aromatic nitrogens is 1. The van der Waals surface area contributed by atoms with Crippen molar-refractivity contribution in [3.8, 4) is 11.3 Å². The second kappa shape index (κ2) is 4.53. The van der Waals surface area contributed by atoms with Gasteiger partial charge in [0.2, 0.25) is 0 Å². The Labute approximate surface area is 114 Å². The van der Waals surface area contributed by atoms with Crippen molar-refractivity contribution < 1.29 is 5.11 Å². The lowest BCUT2D eigenvalue weighted by atomic mass is 9.98. The lowest BCUT2D eigenvalue weighted by Gasteiger charge is -2.13. The third-order valence-electron chi connectivity index (χ3n) is 3.94. The van der Waals surface area contributed by atoms with E-state index in [0.29, 0.717) is 12.5 Å². The number of fused-ring (bicyclic) bond motifs is 3. The minimum absolute atomic E-state index is 0.311. The summed E-state index contributed by atoms with van der Waals surface area (Å²) in [7, 11) is 0. The maximum atomic E-state index is 9.63. The lowest BCUT2D eigenvalue weighted by Crippen LogP contribution is -2.11. The number of benzene rings is 1. The molecule has 1 aliphatic carbocycles. The van der Waals surface area contributed by atoms with E-state index in [1.165, 1.54) is 27.9 Å². The molecule has 1 aromatic heterocycles. The predicted molar refractivity (Wildman–Crippen MR) is 78.4 cm³/mol. The predicted octanol–water partition coefficient (Wildman–Crippen LogP) is 3.56. The van der Waals surface area contributed by atoms with Gasteiger partial charge in [-0.1, -0.05) is 26.0 Å². The van der Waals surface area contributed by atoms with Crippen molar-refractivity contribution in [2.24, 2.45) is 0 Å². The molecule has 0 spiro atoms. The van der Waals surface area contributed by atoms with Crippen molar-refractivity contribution >= 4 is 0 Å². The Hall–Kier alpha value is -1.54. The number of hydrogen-bond donors (Lipinski definition) is 1. The van der Waals surface area contributed by atoms with Gasteiger partial charge in [0, 0.05) is 24.7 Å². The molecule has 2 nitrogen and oxygen atoms in total. The fraction of sp³-hybridized carbons (Fsp3) is 0.412. The summed E-state index contributed by atoms with van der Waals surface area (Å²) in [6.07, 6.45) is 2.81. The Morgan fingerprint density at radius 1 is 1.16 bits per heavy atom. The smallest absolute Gasteiger partial charge is 0.0691 e. The molecule has 1 N–H and O–H groups in total.